The number of amides is 1. The van der Waals surface area contributed by atoms with Crippen LogP contribution in [0.4, 0.5) is 4.39 Å². The normalized spacial score (nSPS) is 23.7. The van der Waals surface area contributed by atoms with Gasteiger partial charge in [-0.15, -0.1) is 0 Å². The topological polar surface area (TPSA) is 66.8 Å². The highest BCUT2D eigenvalue weighted by molar-refractivity contribution is 9.10. The highest BCUT2D eigenvalue weighted by atomic mass is 79.9. The molecule has 2 aromatic rings. The standard InChI is InChI=1S/C22H19BrFNO4/c23-15-7-3-13(4-8-15)19-18(20(26)14-5-9-16(24)10-6-14)21(27)22(28)25(19)12-17-2-1-11-29-17/h3-10,17,19,26H,1-2,11-12H2/b20-18+. The average molecular weight is 460 g/mol. The number of nitrogens with zero attached hydrogens (tertiary/aromatic N) is 1. The van der Waals surface area contributed by atoms with Gasteiger partial charge in [-0.2, -0.15) is 0 Å². The summed E-state index contributed by atoms with van der Waals surface area (Å²) < 4.78 is 19.8. The van der Waals surface area contributed by atoms with E-state index in [1.54, 1.807) is 12.1 Å². The molecule has 0 aromatic heterocycles. The molecule has 0 saturated carbocycles. The SMILES string of the molecule is O=C1C(=O)N(CC2CCCO2)C(c2ccc(Br)cc2)/C1=C(\O)c1ccc(F)cc1. The Hall–Kier alpha value is -2.51. The molecule has 150 valence electrons. The summed E-state index contributed by atoms with van der Waals surface area (Å²) in [5, 5.41) is 10.9. The number of likely N-dealkylation sites (tertiary alicyclic amines) is 1. The maximum Gasteiger partial charge on any atom is 0.295 e. The van der Waals surface area contributed by atoms with Crippen LogP contribution in [0.3, 0.4) is 0 Å². The zero-order valence-electron chi connectivity index (χ0n) is 15.5. The minimum absolute atomic E-state index is 0.00178. The van der Waals surface area contributed by atoms with E-state index >= 15 is 0 Å². The summed E-state index contributed by atoms with van der Waals surface area (Å²) in [6, 6.07) is 11.7. The number of carbonyl (C=O) groups is 2. The van der Waals surface area contributed by atoms with Crippen LogP contribution in [0.1, 0.15) is 30.0 Å². The molecular weight excluding hydrogens is 441 g/mol. The van der Waals surface area contributed by atoms with E-state index in [0.29, 0.717) is 12.2 Å². The van der Waals surface area contributed by atoms with Gasteiger partial charge in [0.25, 0.3) is 11.7 Å². The molecule has 2 heterocycles. The number of ether oxygens (including phenoxy) is 1. The first-order chi connectivity index (χ1) is 14.0. The number of hydrogen-bond acceptors (Lipinski definition) is 4. The largest absolute Gasteiger partial charge is 0.507 e. The summed E-state index contributed by atoms with van der Waals surface area (Å²) >= 11 is 3.39. The molecule has 0 aliphatic carbocycles. The lowest BCUT2D eigenvalue weighted by atomic mass is 9.95. The van der Waals surface area contributed by atoms with Crippen molar-refractivity contribution in [2.45, 2.75) is 25.0 Å². The van der Waals surface area contributed by atoms with Crippen molar-refractivity contribution in [3.63, 3.8) is 0 Å². The van der Waals surface area contributed by atoms with Crippen molar-refractivity contribution in [1.29, 1.82) is 0 Å². The Morgan fingerprint density at radius 2 is 1.83 bits per heavy atom. The van der Waals surface area contributed by atoms with E-state index < -0.39 is 23.5 Å². The van der Waals surface area contributed by atoms with Crippen LogP contribution in [0.15, 0.2) is 58.6 Å². The second kappa shape index (κ2) is 8.08. The van der Waals surface area contributed by atoms with E-state index in [4.69, 9.17) is 4.74 Å². The molecule has 2 aliphatic heterocycles. The Balaban J connectivity index is 1.81. The summed E-state index contributed by atoms with van der Waals surface area (Å²) in [4.78, 5) is 27.2. The zero-order chi connectivity index (χ0) is 20.5. The monoisotopic (exact) mass is 459 g/mol. The molecule has 2 saturated heterocycles. The average Bonchev–Trinajstić information content (AvgIpc) is 3.31. The van der Waals surface area contributed by atoms with Crippen LogP contribution >= 0.6 is 15.9 Å². The van der Waals surface area contributed by atoms with Crippen LogP contribution in [-0.2, 0) is 14.3 Å². The number of rotatable bonds is 4. The van der Waals surface area contributed by atoms with Crippen LogP contribution in [0, 0.1) is 5.82 Å². The maximum absolute atomic E-state index is 13.3. The number of Topliss-reactive ketones (excluding diaryl/α,β-unsaturated/α-hetero) is 1. The Morgan fingerprint density at radius 3 is 2.45 bits per heavy atom. The molecule has 2 fully saturated rings. The third-order valence-electron chi connectivity index (χ3n) is 5.27. The van der Waals surface area contributed by atoms with Gasteiger partial charge in [-0.3, -0.25) is 9.59 Å². The van der Waals surface area contributed by atoms with E-state index in [1.807, 2.05) is 12.1 Å². The summed E-state index contributed by atoms with van der Waals surface area (Å²) in [6.07, 6.45) is 1.58. The minimum atomic E-state index is -0.752. The van der Waals surface area contributed by atoms with Gasteiger partial charge in [0.15, 0.2) is 0 Å². The van der Waals surface area contributed by atoms with Crippen molar-refractivity contribution in [3.05, 3.63) is 75.5 Å². The van der Waals surface area contributed by atoms with Gasteiger partial charge in [0.05, 0.1) is 17.7 Å². The fourth-order valence-electron chi connectivity index (χ4n) is 3.83. The zero-order valence-corrected chi connectivity index (χ0v) is 17.1. The van der Waals surface area contributed by atoms with Gasteiger partial charge < -0.3 is 14.7 Å². The van der Waals surface area contributed by atoms with Crippen molar-refractivity contribution in [2.24, 2.45) is 0 Å². The molecule has 2 aromatic carbocycles. The number of carbonyl (C=O) groups excluding carboxylic acids is 2. The smallest absolute Gasteiger partial charge is 0.295 e. The lowest BCUT2D eigenvalue weighted by Crippen LogP contribution is -2.36. The lowest BCUT2D eigenvalue weighted by molar-refractivity contribution is -0.140. The van der Waals surface area contributed by atoms with Gasteiger partial charge >= 0.3 is 0 Å². The van der Waals surface area contributed by atoms with E-state index in [1.165, 1.54) is 29.2 Å². The molecule has 1 amide bonds. The molecule has 0 radical (unpaired) electrons. The lowest BCUT2D eigenvalue weighted by Gasteiger charge is -2.27. The molecule has 2 unspecified atom stereocenters. The summed E-state index contributed by atoms with van der Waals surface area (Å²) in [7, 11) is 0. The van der Waals surface area contributed by atoms with Gasteiger partial charge in [0, 0.05) is 23.2 Å². The third kappa shape index (κ3) is 3.84. The Labute approximate surface area is 175 Å². The summed E-state index contributed by atoms with van der Waals surface area (Å²) in [6.45, 7) is 0.901. The molecule has 2 atom stereocenters. The van der Waals surface area contributed by atoms with E-state index in [9.17, 15) is 19.1 Å². The number of halogens is 2. The summed E-state index contributed by atoms with van der Waals surface area (Å²) in [5.41, 5.74) is 0.986. The van der Waals surface area contributed by atoms with E-state index in [-0.39, 0.29) is 29.5 Å². The van der Waals surface area contributed by atoms with E-state index in [0.717, 1.165) is 17.3 Å². The third-order valence-corrected chi connectivity index (χ3v) is 5.80. The molecule has 4 rings (SSSR count). The van der Waals surface area contributed by atoms with Gasteiger partial charge in [-0.25, -0.2) is 4.39 Å². The first-order valence-electron chi connectivity index (χ1n) is 9.37. The Morgan fingerprint density at radius 1 is 1.14 bits per heavy atom. The fourth-order valence-corrected chi connectivity index (χ4v) is 4.10. The molecule has 5 nitrogen and oxygen atoms in total. The second-order valence-corrected chi connectivity index (χ2v) is 8.06. The molecule has 0 spiro atoms. The second-order valence-electron chi connectivity index (χ2n) is 7.14. The highest BCUT2D eigenvalue weighted by Crippen LogP contribution is 2.40. The first kappa shape index (κ1) is 19.8. The molecule has 7 heteroatoms. The van der Waals surface area contributed by atoms with Crippen LogP contribution in [0.2, 0.25) is 0 Å². The van der Waals surface area contributed by atoms with Gasteiger partial charge in [0.1, 0.15) is 11.6 Å². The Kier molecular flexibility index (Phi) is 5.52. The number of aliphatic hydroxyl groups excluding tert-OH is 1. The molecule has 1 N–H and O–H groups in total. The molecule has 29 heavy (non-hydrogen) atoms. The van der Waals surface area contributed by atoms with Crippen LogP contribution in [-0.4, -0.2) is 41.0 Å². The van der Waals surface area contributed by atoms with Crippen molar-refractivity contribution >= 4 is 33.4 Å². The van der Waals surface area contributed by atoms with Gasteiger partial charge in [-0.05, 0) is 54.8 Å². The van der Waals surface area contributed by atoms with Gasteiger partial charge in [0.2, 0.25) is 0 Å². The molecular formula is C22H19BrFNO4. The minimum Gasteiger partial charge on any atom is -0.507 e. The van der Waals surface area contributed by atoms with Crippen molar-refractivity contribution in [2.75, 3.05) is 13.2 Å². The van der Waals surface area contributed by atoms with Crippen LogP contribution < -0.4 is 0 Å². The molecule has 0 bridgehead atoms. The van der Waals surface area contributed by atoms with Crippen molar-refractivity contribution < 1.29 is 23.8 Å². The predicted octanol–water partition coefficient (Wildman–Crippen LogP) is 4.19. The number of hydrogen-bond donors (Lipinski definition) is 1. The van der Waals surface area contributed by atoms with Crippen LogP contribution in [0.25, 0.3) is 5.76 Å². The molecule has 2 aliphatic rings. The van der Waals surface area contributed by atoms with E-state index in [2.05, 4.69) is 15.9 Å². The number of benzene rings is 2. The summed E-state index contributed by atoms with van der Waals surface area (Å²) in [5.74, 6) is -2.19. The van der Waals surface area contributed by atoms with Gasteiger partial charge in [-0.1, -0.05) is 28.1 Å². The maximum atomic E-state index is 13.3. The predicted molar refractivity (Wildman–Crippen MR) is 109 cm³/mol. The fraction of sp³-hybridized carbons (Fsp3) is 0.273. The first-order valence-corrected chi connectivity index (χ1v) is 10.2. The number of ketones is 1. The quantitative estimate of drug-likeness (QED) is 0.422. The number of aliphatic hydroxyl groups is 1. The Bertz CT molecular complexity index is 965. The van der Waals surface area contributed by atoms with Crippen LogP contribution in [0.5, 0.6) is 0 Å². The van der Waals surface area contributed by atoms with Crippen molar-refractivity contribution in [3.8, 4) is 0 Å². The highest BCUT2D eigenvalue weighted by Gasteiger charge is 2.47. The van der Waals surface area contributed by atoms with Crippen molar-refractivity contribution in [1.82, 2.24) is 4.90 Å².